The number of Topliss-reactive ketones (excluding diaryl/α,β-unsaturated/α-hetero) is 1. The minimum Gasteiger partial charge on any atom is -0.481 e. The molecule has 98 valence electrons. The molecule has 1 aromatic carbocycles. The summed E-state index contributed by atoms with van der Waals surface area (Å²) < 4.78 is 4.99. The predicted molar refractivity (Wildman–Crippen MR) is 74.4 cm³/mol. The maximum Gasteiger partial charge on any atom is 0.212 e. The summed E-state index contributed by atoms with van der Waals surface area (Å²) in [5, 5.41) is 0. The van der Waals surface area contributed by atoms with E-state index >= 15 is 0 Å². The fraction of sp³-hybridized carbons (Fsp3) is 0.250. The number of hydrogen-bond acceptors (Lipinski definition) is 3. The predicted octanol–water partition coefficient (Wildman–Crippen LogP) is 2.75. The van der Waals surface area contributed by atoms with Gasteiger partial charge in [0.25, 0.3) is 0 Å². The Kier molecular flexibility index (Phi) is 4.29. The minimum atomic E-state index is 0.192. The zero-order valence-corrected chi connectivity index (χ0v) is 11.2. The van der Waals surface area contributed by atoms with E-state index < -0.39 is 0 Å². The number of rotatable bonds is 5. The van der Waals surface area contributed by atoms with Crippen molar-refractivity contribution in [1.29, 1.82) is 0 Å². The van der Waals surface area contributed by atoms with Gasteiger partial charge in [0.15, 0.2) is 0 Å². The van der Waals surface area contributed by atoms with Crippen molar-refractivity contribution in [1.82, 2.24) is 4.98 Å². The molecule has 0 atom stereocenters. The van der Waals surface area contributed by atoms with Crippen LogP contribution in [0.4, 0.5) is 0 Å². The van der Waals surface area contributed by atoms with Crippen LogP contribution in [-0.4, -0.2) is 17.9 Å². The number of methoxy groups -OCH3 is 1. The highest BCUT2D eigenvalue weighted by molar-refractivity contribution is 5.83. The van der Waals surface area contributed by atoms with Gasteiger partial charge in [0.05, 0.1) is 7.11 Å². The third kappa shape index (κ3) is 3.91. The van der Waals surface area contributed by atoms with Crippen LogP contribution in [0.15, 0.2) is 42.6 Å². The number of carbonyl (C=O) groups is 1. The molecule has 0 bridgehead atoms. The maximum absolute atomic E-state index is 12.0. The first-order valence-corrected chi connectivity index (χ1v) is 6.23. The van der Waals surface area contributed by atoms with Gasteiger partial charge in [-0.05, 0) is 18.1 Å². The van der Waals surface area contributed by atoms with Crippen LogP contribution >= 0.6 is 0 Å². The van der Waals surface area contributed by atoms with Gasteiger partial charge in [-0.15, -0.1) is 0 Å². The first kappa shape index (κ1) is 13.3. The Hall–Kier alpha value is -2.16. The lowest BCUT2D eigenvalue weighted by Gasteiger charge is -2.04. The van der Waals surface area contributed by atoms with Crippen LogP contribution in [0.5, 0.6) is 5.88 Å². The molecule has 0 fully saturated rings. The average Bonchev–Trinajstić information content (AvgIpc) is 2.39. The normalized spacial score (nSPS) is 10.2. The molecule has 0 saturated heterocycles. The molecule has 0 spiro atoms. The van der Waals surface area contributed by atoms with Crippen LogP contribution in [0, 0.1) is 6.92 Å². The fourth-order valence-electron chi connectivity index (χ4n) is 1.98. The highest BCUT2D eigenvalue weighted by Crippen LogP contribution is 2.10. The number of pyridine rings is 1. The summed E-state index contributed by atoms with van der Waals surface area (Å²) in [6.45, 7) is 2.03. The second kappa shape index (κ2) is 6.14. The molecule has 0 aliphatic carbocycles. The molecule has 3 nitrogen and oxygen atoms in total. The summed E-state index contributed by atoms with van der Waals surface area (Å²) >= 11 is 0. The van der Waals surface area contributed by atoms with Crippen LogP contribution in [0.2, 0.25) is 0 Å². The van der Waals surface area contributed by atoms with Gasteiger partial charge in [0.1, 0.15) is 5.78 Å². The van der Waals surface area contributed by atoms with Crippen molar-refractivity contribution >= 4 is 5.78 Å². The zero-order chi connectivity index (χ0) is 13.7. The summed E-state index contributed by atoms with van der Waals surface area (Å²) in [6, 6.07) is 11.7. The van der Waals surface area contributed by atoms with Crippen molar-refractivity contribution in [3.8, 4) is 5.88 Å². The highest BCUT2D eigenvalue weighted by Gasteiger charge is 2.06. The summed E-state index contributed by atoms with van der Waals surface area (Å²) in [5.41, 5.74) is 3.15. The molecule has 2 rings (SSSR count). The number of aromatic nitrogens is 1. The van der Waals surface area contributed by atoms with Gasteiger partial charge < -0.3 is 4.74 Å². The molecule has 0 N–H and O–H groups in total. The molecular formula is C16H17NO2. The van der Waals surface area contributed by atoms with Crippen LogP contribution < -0.4 is 4.74 Å². The van der Waals surface area contributed by atoms with Gasteiger partial charge in [-0.25, -0.2) is 4.98 Å². The second-order valence-electron chi connectivity index (χ2n) is 4.59. The van der Waals surface area contributed by atoms with E-state index in [1.807, 2.05) is 37.3 Å². The monoisotopic (exact) mass is 255 g/mol. The second-order valence-corrected chi connectivity index (χ2v) is 4.59. The molecule has 0 unspecified atom stereocenters. The Morgan fingerprint density at radius 2 is 1.95 bits per heavy atom. The highest BCUT2D eigenvalue weighted by atomic mass is 16.5. The van der Waals surface area contributed by atoms with Crippen molar-refractivity contribution in [2.45, 2.75) is 19.8 Å². The summed E-state index contributed by atoms with van der Waals surface area (Å²) in [6.07, 6.45) is 2.56. The van der Waals surface area contributed by atoms with Gasteiger partial charge in [-0.2, -0.15) is 0 Å². The topological polar surface area (TPSA) is 39.2 Å². The number of aryl methyl sites for hydroxylation is 1. The van der Waals surface area contributed by atoms with Crippen molar-refractivity contribution in [3.05, 3.63) is 59.3 Å². The number of benzene rings is 1. The van der Waals surface area contributed by atoms with E-state index in [-0.39, 0.29) is 5.78 Å². The van der Waals surface area contributed by atoms with E-state index in [2.05, 4.69) is 4.98 Å². The zero-order valence-electron chi connectivity index (χ0n) is 11.2. The Labute approximate surface area is 113 Å². The quantitative estimate of drug-likeness (QED) is 0.824. The lowest BCUT2D eigenvalue weighted by Crippen LogP contribution is -2.07. The van der Waals surface area contributed by atoms with Gasteiger partial charge in [-0.3, -0.25) is 4.79 Å². The summed E-state index contributed by atoms with van der Waals surface area (Å²) in [5.74, 6) is 0.757. The smallest absolute Gasteiger partial charge is 0.212 e. The lowest BCUT2D eigenvalue weighted by atomic mass is 10.0. The van der Waals surface area contributed by atoms with E-state index in [9.17, 15) is 4.79 Å². The van der Waals surface area contributed by atoms with Gasteiger partial charge >= 0.3 is 0 Å². The molecule has 0 saturated carbocycles. The van der Waals surface area contributed by atoms with Crippen LogP contribution in [0.1, 0.15) is 16.7 Å². The van der Waals surface area contributed by atoms with Gasteiger partial charge in [0.2, 0.25) is 5.88 Å². The van der Waals surface area contributed by atoms with Crippen LogP contribution in [-0.2, 0) is 17.6 Å². The first-order valence-electron chi connectivity index (χ1n) is 6.23. The van der Waals surface area contributed by atoms with Crippen molar-refractivity contribution in [2.24, 2.45) is 0 Å². The largest absolute Gasteiger partial charge is 0.481 e. The molecule has 0 amide bonds. The Morgan fingerprint density at radius 1 is 1.16 bits per heavy atom. The Balaban J connectivity index is 1.97. The number of carbonyl (C=O) groups excluding carboxylic acids is 1. The Bertz CT molecular complexity index is 561. The van der Waals surface area contributed by atoms with E-state index in [1.165, 1.54) is 5.56 Å². The molecule has 0 aliphatic rings. The Morgan fingerprint density at radius 3 is 2.58 bits per heavy atom. The standard InChI is InChI=1S/C16H17NO2/c1-12-4-3-5-13(8-12)9-15(18)10-14-6-7-16(19-2)17-11-14/h3-8,11H,9-10H2,1-2H3. The van der Waals surface area contributed by atoms with Crippen LogP contribution in [0.25, 0.3) is 0 Å². The van der Waals surface area contributed by atoms with E-state index in [0.29, 0.717) is 18.7 Å². The molecule has 0 radical (unpaired) electrons. The van der Waals surface area contributed by atoms with E-state index in [1.54, 1.807) is 19.4 Å². The third-order valence-electron chi connectivity index (χ3n) is 2.89. The fourth-order valence-corrected chi connectivity index (χ4v) is 1.98. The lowest BCUT2D eigenvalue weighted by molar-refractivity contribution is -0.117. The number of hydrogen-bond donors (Lipinski definition) is 0. The van der Waals surface area contributed by atoms with Crippen LogP contribution in [0.3, 0.4) is 0 Å². The number of nitrogens with zero attached hydrogens (tertiary/aromatic N) is 1. The van der Waals surface area contributed by atoms with Crippen molar-refractivity contribution in [3.63, 3.8) is 0 Å². The number of ketones is 1. The average molecular weight is 255 g/mol. The maximum atomic E-state index is 12.0. The molecule has 0 aliphatic heterocycles. The molecule has 2 aromatic rings. The van der Waals surface area contributed by atoms with Crippen molar-refractivity contribution in [2.75, 3.05) is 7.11 Å². The third-order valence-corrected chi connectivity index (χ3v) is 2.89. The minimum absolute atomic E-state index is 0.192. The van der Waals surface area contributed by atoms with Crippen molar-refractivity contribution < 1.29 is 9.53 Å². The van der Waals surface area contributed by atoms with Gasteiger partial charge in [0, 0.05) is 25.1 Å². The SMILES string of the molecule is COc1ccc(CC(=O)Cc2cccc(C)c2)cn1. The summed E-state index contributed by atoms with van der Waals surface area (Å²) in [4.78, 5) is 16.1. The molecule has 1 aromatic heterocycles. The van der Waals surface area contributed by atoms with Gasteiger partial charge in [-0.1, -0.05) is 35.9 Å². The molecule has 19 heavy (non-hydrogen) atoms. The molecular weight excluding hydrogens is 238 g/mol. The molecule has 3 heteroatoms. The molecule has 1 heterocycles. The summed E-state index contributed by atoms with van der Waals surface area (Å²) in [7, 11) is 1.57. The van der Waals surface area contributed by atoms with E-state index in [4.69, 9.17) is 4.74 Å². The number of ether oxygens (including phenoxy) is 1. The first-order chi connectivity index (χ1) is 9.17. The van der Waals surface area contributed by atoms with E-state index in [0.717, 1.165) is 11.1 Å².